The predicted octanol–water partition coefficient (Wildman–Crippen LogP) is 2.83. The molecule has 31 heavy (non-hydrogen) atoms. The molecule has 0 amide bonds. The van der Waals surface area contributed by atoms with Crippen molar-refractivity contribution in [2.45, 2.75) is 81.3 Å². The van der Waals surface area contributed by atoms with E-state index in [1.54, 1.807) is 0 Å². The molecular formula is C26H34N2O3. The number of nitrogens with one attached hydrogen (secondary N) is 1. The van der Waals surface area contributed by atoms with Crippen LogP contribution >= 0.6 is 0 Å². The van der Waals surface area contributed by atoms with Gasteiger partial charge in [-0.3, -0.25) is 9.69 Å². The van der Waals surface area contributed by atoms with Gasteiger partial charge in [-0.25, -0.2) is 0 Å². The number of hydrogen-bond donors (Lipinski definition) is 3. The number of nitrogens with zero attached hydrogens (tertiary/aromatic N) is 1. The fraction of sp³-hybridized carbons (Fsp3) is 0.654. The molecule has 3 N–H and O–H groups in total. The van der Waals surface area contributed by atoms with Crippen LogP contribution in [-0.4, -0.2) is 57.9 Å². The summed E-state index contributed by atoms with van der Waals surface area (Å²) in [6, 6.07) is 8.68. The van der Waals surface area contributed by atoms with Gasteiger partial charge >= 0.3 is 0 Å². The fourth-order valence-corrected chi connectivity index (χ4v) is 7.95. The molecule has 5 nitrogen and oxygen atoms in total. The Hall–Kier alpha value is -1.53. The SMILES string of the molecule is C[C@H](c1ccc(C=O)cc1)[C@H]1[C@@H]2C=C[C@@H]3N1[C@]3(O)[C@H]2CN[C@@H]1CC[C@H](O)C12CCCC2. The van der Waals surface area contributed by atoms with Crippen molar-refractivity contribution in [1.82, 2.24) is 10.2 Å². The number of benzene rings is 1. The van der Waals surface area contributed by atoms with Gasteiger partial charge in [0.1, 0.15) is 12.0 Å². The molecule has 1 spiro atoms. The molecule has 2 saturated heterocycles. The zero-order valence-electron chi connectivity index (χ0n) is 18.3. The first-order valence-electron chi connectivity index (χ1n) is 12.2. The molecule has 0 radical (unpaired) electrons. The Balaban J connectivity index is 1.20. The lowest BCUT2D eigenvalue weighted by atomic mass is 9.73. The Morgan fingerprint density at radius 3 is 2.65 bits per heavy atom. The van der Waals surface area contributed by atoms with Crippen molar-refractivity contribution in [2.75, 3.05) is 6.54 Å². The maximum absolute atomic E-state index is 11.6. The summed E-state index contributed by atoms with van der Waals surface area (Å²) >= 11 is 0. The van der Waals surface area contributed by atoms with E-state index in [0.29, 0.717) is 17.5 Å². The van der Waals surface area contributed by atoms with Gasteiger partial charge in [0, 0.05) is 41.4 Å². The molecule has 5 heteroatoms. The number of aliphatic hydroxyl groups excluding tert-OH is 1. The first kappa shape index (κ1) is 20.1. The smallest absolute Gasteiger partial charge is 0.150 e. The normalized spacial score (nSPS) is 44.7. The van der Waals surface area contributed by atoms with Gasteiger partial charge in [0.05, 0.1) is 12.1 Å². The molecule has 9 atom stereocenters. The van der Waals surface area contributed by atoms with Crippen LogP contribution in [0.4, 0.5) is 0 Å². The summed E-state index contributed by atoms with van der Waals surface area (Å²) in [5.74, 6) is 0.779. The van der Waals surface area contributed by atoms with E-state index in [1.807, 2.05) is 12.1 Å². The Morgan fingerprint density at radius 2 is 1.94 bits per heavy atom. The number of aliphatic hydroxyl groups is 2. The maximum atomic E-state index is 11.6. The summed E-state index contributed by atoms with van der Waals surface area (Å²) in [5.41, 5.74) is 1.26. The lowest BCUT2D eigenvalue weighted by Gasteiger charge is -2.38. The first-order valence-corrected chi connectivity index (χ1v) is 12.2. The van der Waals surface area contributed by atoms with Crippen LogP contribution in [0.3, 0.4) is 0 Å². The van der Waals surface area contributed by atoms with E-state index >= 15 is 0 Å². The van der Waals surface area contributed by atoms with Crippen LogP contribution in [-0.2, 0) is 0 Å². The second-order valence-electron chi connectivity index (χ2n) is 10.8. The molecule has 1 unspecified atom stereocenters. The molecule has 0 aromatic heterocycles. The topological polar surface area (TPSA) is 72.6 Å². The molecule has 1 aromatic carbocycles. The van der Waals surface area contributed by atoms with Crippen molar-refractivity contribution < 1.29 is 15.0 Å². The van der Waals surface area contributed by atoms with Crippen molar-refractivity contribution in [3.05, 3.63) is 47.5 Å². The van der Waals surface area contributed by atoms with Crippen LogP contribution in [0.5, 0.6) is 0 Å². The summed E-state index contributed by atoms with van der Waals surface area (Å²) < 4.78 is 0. The minimum absolute atomic E-state index is 0.0618. The molecule has 2 saturated carbocycles. The number of carbonyl (C=O) groups excluding carboxylic acids is 1. The number of aldehydes is 1. The average Bonchev–Trinajstić information content (AvgIpc) is 3.11. The maximum Gasteiger partial charge on any atom is 0.150 e. The molecule has 3 aliphatic carbocycles. The Bertz CT molecular complexity index is 892. The summed E-state index contributed by atoms with van der Waals surface area (Å²) in [7, 11) is 0. The minimum atomic E-state index is -0.728. The lowest BCUT2D eigenvalue weighted by molar-refractivity contribution is 0.0290. The van der Waals surface area contributed by atoms with Gasteiger partial charge in [-0.2, -0.15) is 0 Å². The molecule has 4 fully saturated rings. The lowest BCUT2D eigenvalue weighted by Crippen LogP contribution is -2.49. The molecule has 1 aromatic rings. The van der Waals surface area contributed by atoms with E-state index in [-0.39, 0.29) is 35.4 Å². The molecular weight excluding hydrogens is 388 g/mol. The zero-order chi connectivity index (χ0) is 21.4. The highest BCUT2D eigenvalue weighted by Crippen LogP contribution is 2.64. The van der Waals surface area contributed by atoms with Crippen LogP contribution in [0.15, 0.2) is 36.4 Å². The van der Waals surface area contributed by atoms with Gasteiger partial charge in [0.15, 0.2) is 0 Å². The molecule has 166 valence electrons. The van der Waals surface area contributed by atoms with Crippen molar-refractivity contribution in [2.24, 2.45) is 17.3 Å². The monoisotopic (exact) mass is 422 g/mol. The van der Waals surface area contributed by atoms with Crippen LogP contribution < -0.4 is 5.32 Å². The van der Waals surface area contributed by atoms with Crippen LogP contribution in [0, 0.1) is 17.3 Å². The van der Waals surface area contributed by atoms with Crippen molar-refractivity contribution in [3.8, 4) is 0 Å². The second-order valence-corrected chi connectivity index (χ2v) is 10.8. The van der Waals surface area contributed by atoms with E-state index in [9.17, 15) is 15.0 Å². The Labute approximate surface area is 184 Å². The van der Waals surface area contributed by atoms with E-state index in [2.05, 4.69) is 41.4 Å². The summed E-state index contributed by atoms with van der Waals surface area (Å²) in [4.78, 5) is 13.3. The Morgan fingerprint density at radius 1 is 1.19 bits per heavy atom. The Kier molecular flexibility index (Phi) is 4.53. The molecule has 3 heterocycles. The van der Waals surface area contributed by atoms with Crippen LogP contribution in [0.25, 0.3) is 0 Å². The van der Waals surface area contributed by atoms with Gasteiger partial charge in [-0.15, -0.1) is 0 Å². The number of rotatable bonds is 6. The number of piperidine rings is 1. The summed E-state index contributed by atoms with van der Waals surface area (Å²) in [5, 5.41) is 26.1. The summed E-state index contributed by atoms with van der Waals surface area (Å²) in [6.45, 7) is 3.06. The van der Waals surface area contributed by atoms with Gasteiger partial charge in [-0.1, -0.05) is 56.2 Å². The fourth-order valence-electron chi connectivity index (χ4n) is 7.95. The van der Waals surface area contributed by atoms with E-state index in [0.717, 1.165) is 38.5 Å². The number of carbonyl (C=O) groups is 1. The van der Waals surface area contributed by atoms with Gasteiger partial charge in [-0.05, 0) is 37.2 Å². The highest BCUT2D eigenvalue weighted by atomic mass is 16.3. The minimum Gasteiger partial charge on any atom is -0.392 e. The standard InChI is InChI=1S/C26H34N2O3/c1-16(18-6-4-17(15-29)5-7-18)24-19-8-10-22-26(31,28(22)24)20(19)14-27-21-9-11-23(30)25(21)12-2-3-13-25/h4-8,10,15-16,19-24,27,30-31H,2-3,9,11-14H2,1H3/t16-,19-,20+,21-,22+,23+,24+,26+,28?/m1/s1. The van der Waals surface area contributed by atoms with Crippen LogP contribution in [0.1, 0.15) is 67.3 Å². The average molecular weight is 423 g/mol. The van der Waals surface area contributed by atoms with Gasteiger partial charge in [0.25, 0.3) is 0 Å². The van der Waals surface area contributed by atoms with E-state index in [4.69, 9.17) is 0 Å². The third kappa shape index (κ3) is 2.67. The van der Waals surface area contributed by atoms with Crippen molar-refractivity contribution >= 4 is 6.29 Å². The van der Waals surface area contributed by atoms with Crippen molar-refractivity contribution in [1.29, 1.82) is 0 Å². The highest BCUT2D eigenvalue weighted by molar-refractivity contribution is 5.74. The molecule has 6 aliphatic rings. The third-order valence-electron chi connectivity index (χ3n) is 9.64. The zero-order valence-corrected chi connectivity index (χ0v) is 18.3. The number of hydrogen-bond acceptors (Lipinski definition) is 5. The third-order valence-corrected chi connectivity index (χ3v) is 9.64. The second kappa shape index (κ2) is 6.98. The highest BCUT2D eigenvalue weighted by Gasteiger charge is 2.77. The quantitative estimate of drug-likeness (QED) is 0.374. The van der Waals surface area contributed by atoms with Crippen molar-refractivity contribution in [3.63, 3.8) is 0 Å². The van der Waals surface area contributed by atoms with Crippen LogP contribution in [0.2, 0.25) is 0 Å². The molecule has 7 rings (SSSR count). The van der Waals surface area contributed by atoms with E-state index < -0.39 is 5.72 Å². The molecule has 3 aliphatic heterocycles. The molecule has 4 bridgehead atoms. The first-order chi connectivity index (χ1) is 15.0. The van der Waals surface area contributed by atoms with E-state index in [1.165, 1.54) is 18.4 Å². The predicted molar refractivity (Wildman–Crippen MR) is 119 cm³/mol. The summed E-state index contributed by atoms with van der Waals surface area (Å²) in [6.07, 6.45) is 11.9. The largest absolute Gasteiger partial charge is 0.392 e. The van der Waals surface area contributed by atoms with Gasteiger partial charge in [0.2, 0.25) is 0 Å². The van der Waals surface area contributed by atoms with Gasteiger partial charge < -0.3 is 15.5 Å².